The first-order valence-corrected chi connectivity index (χ1v) is 6.99. The van der Waals surface area contributed by atoms with Gasteiger partial charge in [0.05, 0.1) is 11.3 Å². The first kappa shape index (κ1) is 14.8. The number of ketones is 2. The third kappa shape index (κ3) is 2.79. The van der Waals surface area contributed by atoms with Crippen molar-refractivity contribution >= 4 is 23.7 Å². The lowest BCUT2D eigenvalue weighted by Gasteiger charge is -2.17. The normalized spacial score (nSPS) is 13.0. The van der Waals surface area contributed by atoms with Gasteiger partial charge in [-0.3, -0.25) is 19.4 Å². The summed E-state index contributed by atoms with van der Waals surface area (Å²) < 4.78 is 0. The van der Waals surface area contributed by atoms with E-state index >= 15 is 0 Å². The molecular formula is C17H13N3O3. The molecular weight excluding hydrogens is 294 g/mol. The number of anilines is 1. The Morgan fingerprint density at radius 3 is 2.17 bits per heavy atom. The van der Waals surface area contributed by atoms with E-state index in [2.05, 4.69) is 10.4 Å². The summed E-state index contributed by atoms with van der Waals surface area (Å²) in [4.78, 5) is 39.4. The van der Waals surface area contributed by atoms with Crippen LogP contribution in [-0.4, -0.2) is 29.5 Å². The zero-order chi connectivity index (χ0) is 16.2. The fourth-order valence-corrected chi connectivity index (χ4v) is 2.40. The van der Waals surface area contributed by atoms with Crippen molar-refractivity contribution in [3.8, 4) is 0 Å². The average Bonchev–Trinajstić information content (AvgIpc) is 2.84. The number of aromatic nitrogens is 1. The molecule has 0 saturated carbocycles. The Bertz CT molecular complexity index is 763. The number of Topliss-reactive ketones (excluding diaryl/α,β-unsaturated/α-hetero) is 2. The molecule has 1 N–H and O–H groups in total. The Balaban J connectivity index is 1.73. The molecule has 6 nitrogen and oxygen atoms in total. The molecule has 0 spiro atoms. The first-order chi connectivity index (χ1) is 11.2. The number of hydrazine groups is 1. The molecule has 0 atom stereocenters. The number of carbonyl (C=O) groups is 3. The number of pyridine rings is 1. The quantitative estimate of drug-likeness (QED) is 0.392. The lowest BCUT2D eigenvalue weighted by molar-refractivity contribution is -0.108. The summed E-state index contributed by atoms with van der Waals surface area (Å²) in [6, 6.07) is 10.1. The number of nitrogens with one attached hydrogen (secondary N) is 1. The van der Waals surface area contributed by atoms with Crippen LogP contribution in [0.3, 0.4) is 0 Å². The molecule has 1 heterocycles. The summed E-state index contributed by atoms with van der Waals surface area (Å²) in [7, 11) is 0. The van der Waals surface area contributed by atoms with Crippen LogP contribution >= 0.6 is 0 Å². The van der Waals surface area contributed by atoms with E-state index in [4.69, 9.17) is 0 Å². The van der Waals surface area contributed by atoms with E-state index in [0.29, 0.717) is 23.2 Å². The standard InChI is InChI=1S/C17H13N3O3/c21-11-20(12-5-8-18-9-6-12)19-10-7-15-16(22)13-3-1-2-4-14(13)17(15)23/h1-9,11,19H,10H2. The number of rotatable bonds is 5. The number of amides is 1. The monoisotopic (exact) mass is 307 g/mol. The molecule has 0 radical (unpaired) electrons. The first-order valence-electron chi connectivity index (χ1n) is 6.99. The summed E-state index contributed by atoms with van der Waals surface area (Å²) in [6.07, 6.45) is 5.24. The average molecular weight is 307 g/mol. The van der Waals surface area contributed by atoms with Crippen molar-refractivity contribution in [3.05, 3.63) is 71.6 Å². The van der Waals surface area contributed by atoms with Gasteiger partial charge in [0.25, 0.3) is 0 Å². The van der Waals surface area contributed by atoms with Crippen molar-refractivity contribution in [1.29, 1.82) is 0 Å². The van der Waals surface area contributed by atoms with Crippen LogP contribution in [0.5, 0.6) is 0 Å². The molecule has 3 rings (SSSR count). The van der Waals surface area contributed by atoms with Crippen molar-refractivity contribution in [2.75, 3.05) is 11.6 Å². The molecule has 1 aliphatic carbocycles. The number of hydrogen-bond donors (Lipinski definition) is 1. The number of fused-ring (bicyclic) bond motifs is 1. The summed E-state index contributed by atoms with van der Waals surface area (Å²) in [6.45, 7) is 0.169. The van der Waals surface area contributed by atoms with E-state index in [1.165, 1.54) is 11.1 Å². The molecule has 1 amide bonds. The highest BCUT2D eigenvalue weighted by Crippen LogP contribution is 2.25. The lowest BCUT2D eigenvalue weighted by Crippen LogP contribution is -2.37. The smallest absolute Gasteiger partial charge is 0.228 e. The van der Waals surface area contributed by atoms with Gasteiger partial charge in [-0.1, -0.05) is 30.3 Å². The van der Waals surface area contributed by atoms with Gasteiger partial charge in [0.1, 0.15) is 0 Å². The minimum absolute atomic E-state index is 0.124. The Morgan fingerprint density at radius 2 is 1.61 bits per heavy atom. The Hall–Kier alpha value is -3.12. The second-order valence-corrected chi connectivity index (χ2v) is 4.86. The zero-order valence-electron chi connectivity index (χ0n) is 12.1. The van der Waals surface area contributed by atoms with Gasteiger partial charge in [-0.05, 0) is 12.1 Å². The fraction of sp³-hybridized carbons (Fsp3) is 0.0588. The van der Waals surface area contributed by atoms with E-state index in [0.717, 1.165) is 0 Å². The number of benzene rings is 1. The Labute approximate surface area is 132 Å². The highest BCUT2D eigenvalue weighted by atomic mass is 16.2. The summed E-state index contributed by atoms with van der Waals surface area (Å²) in [5.41, 5.74) is 4.42. The summed E-state index contributed by atoms with van der Waals surface area (Å²) in [5.74, 6) is -0.567. The van der Waals surface area contributed by atoms with Gasteiger partial charge in [0.2, 0.25) is 6.41 Å². The van der Waals surface area contributed by atoms with Crippen molar-refractivity contribution in [3.63, 3.8) is 0 Å². The third-order valence-electron chi connectivity index (χ3n) is 3.52. The molecule has 23 heavy (non-hydrogen) atoms. The van der Waals surface area contributed by atoms with Crippen LogP contribution in [0.1, 0.15) is 20.7 Å². The van der Waals surface area contributed by atoms with Crippen molar-refractivity contribution in [2.24, 2.45) is 0 Å². The molecule has 1 aromatic heterocycles. The number of hydrogen-bond acceptors (Lipinski definition) is 5. The molecule has 1 aromatic carbocycles. The maximum Gasteiger partial charge on any atom is 0.228 e. The van der Waals surface area contributed by atoms with Crippen LogP contribution in [0.2, 0.25) is 0 Å². The number of carbonyl (C=O) groups excluding carboxylic acids is 3. The SMILES string of the molecule is O=CN(NCC=C1C(=O)c2ccccc2C1=O)c1ccncc1. The van der Waals surface area contributed by atoms with Crippen LogP contribution in [0.15, 0.2) is 60.4 Å². The molecule has 0 saturated heterocycles. The van der Waals surface area contributed by atoms with Gasteiger partial charge in [0, 0.05) is 30.1 Å². The fourth-order valence-electron chi connectivity index (χ4n) is 2.40. The topological polar surface area (TPSA) is 79.4 Å². The predicted molar refractivity (Wildman–Crippen MR) is 84.0 cm³/mol. The van der Waals surface area contributed by atoms with Crippen molar-refractivity contribution in [2.45, 2.75) is 0 Å². The predicted octanol–water partition coefficient (Wildman–Crippen LogP) is 1.55. The highest BCUT2D eigenvalue weighted by Gasteiger charge is 2.32. The molecule has 0 aliphatic heterocycles. The zero-order valence-corrected chi connectivity index (χ0v) is 12.1. The number of nitrogens with zero attached hydrogens (tertiary/aromatic N) is 2. The maximum atomic E-state index is 12.2. The molecule has 2 aromatic rings. The van der Waals surface area contributed by atoms with Crippen LogP contribution in [-0.2, 0) is 4.79 Å². The highest BCUT2D eigenvalue weighted by molar-refractivity contribution is 6.39. The molecule has 114 valence electrons. The van der Waals surface area contributed by atoms with Gasteiger partial charge in [-0.15, -0.1) is 0 Å². The second kappa shape index (κ2) is 6.33. The van der Waals surface area contributed by atoms with E-state index in [1.807, 2.05) is 0 Å². The lowest BCUT2D eigenvalue weighted by atomic mass is 10.1. The van der Waals surface area contributed by atoms with Gasteiger partial charge in [-0.25, -0.2) is 10.4 Å². The Kier molecular flexibility index (Phi) is 4.07. The largest absolute Gasteiger partial charge is 0.288 e. The van der Waals surface area contributed by atoms with E-state index in [9.17, 15) is 14.4 Å². The van der Waals surface area contributed by atoms with E-state index in [-0.39, 0.29) is 23.7 Å². The molecule has 0 fully saturated rings. The minimum atomic E-state index is -0.283. The van der Waals surface area contributed by atoms with Gasteiger partial charge in [-0.2, -0.15) is 0 Å². The van der Waals surface area contributed by atoms with Crippen LogP contribution < -0.4 is 10.4 Å². The second-order valence-electron chi connectivity index (χ2n) is 4.86. The maximum absolute atomic E-state index is 12.2. The Morgan fingerprint density at radius 1 is 1.00 bits per heavy atom. The van der Waals surface area contributed by atoms with E-state index < -0.39 is 0 Å². The molecule has 0 bridgehead atoms. The van der Waals surface area contributed by atoms with Crippen LogP contribution in [0.4, 0.5) is 5.69 Å². The minimum Gasteiger partial charge on any atom is -0.288 e. The molecule has 6 heteroatoms. The van der Waals surface area contributed by atoms with Gasteiger partial charge in [0.15, 0.2) is 11.6 Å². The van der Waals surface area contributed by atoms with E-state index in [1.54, 1.807) is 48.8 Å². The molecule has 1 aliphatic rings. The van der Waals surface area contributed by atoms with Crippen molar-refractivity contribution < 1.29 is 14.4 Å². The number of allylic oxidation sites excluding steroid dienone is 1. The van der Waals surface area contributed by atoms with Crippen LogP contribution in [0.25, 0.3) is 0 Å². The summed E-state index contributed by atoms with van der Waals surface area (Å²) in [5, 5.41) is 1.26. The van der Waals surface area contributed by atoms with Gasteiger partial charge < -0.3 is 0 Å². The van der Waals surface area contributed by atoms with Crippen LogP contribution in [0, 0.1) is 0 Å². The van der Waals surface area contributed by atoms with Crippen molar-refractivity contribution in [1.82, 2.24) is 10.4 Å². The third-order valence-corrected chi connectivity index (χ3v) is 3.52. The van der Waals surface area contributed by atoms with Gasteiger partial charge >= 0.3 is 0 Å². The summed E-state index contributed by atoms with van der Waals surface area (Å²) >= 11 is 0. The molecule has 0 unspecified atom stereocenters.